The highest BCUT2D eigenvalue weighted by Crippen LogP contribution is 2.35. The molecular weight excluding hydrogens is 380 g/mol. The molecule has 0 aliphatic heterocycles. The van der Waals surface area contributed by atoms with Crippen LogP contribution in [0.1, 0.15) is 18.1 Å². The summed E-state index contributed by atoms with van der Waals surface area (Å²) in [7, 11) is 0. The summed E-state index contributed by atoms with van der Waals surface area (Å²) in [6.45, 7) is -0.0337. The number of hydrogen-bond donors (Lipinski definition) is 2. The van der Waals surface area contributed by atoms with Gasteiger partial charge in [0.2, 0.25) is 0 Å². The fourth-order valence-electron chi connectivity index (χ4n) is 4.87. The van der Waals surface area contributed by atoms with E-state index in [0.717, 1.165) is 16.3 Å². The van der Waals surface area contributed by atoms with Crippen LogP contribution in [-0.2, 0) is 0 Å². The lowest BCUT2D eigenvalue weighted by atomic mass is 9.92. The van der Waals surface area contributed by atoms with E-state index in [1.165, 1.54) is 43.1 Å². The third-order valence-electron chi connectivity index (χ3n) is 6.45. The molecule has 6 rings (SSSR count). The second kappa shape index (κ2) is 7.05. The summed E-state index contributed by atoms with van der Waals surface area (Å²) >= 11 is 0. The maximum atomic E-state index is 10.6. The molecule has 6 aromatic carbocycles. The van der Waals surface area contributed by atoms with Crippen LogP contribution < -0.4 is 0 Å². The van der Waals surface area contributed by atoms with Gasteiger partial charge in [-0.1, -0.05) is 54.6 Å². The minimum absolute atomic E-state index is 0.0337. The normalized spacial score (nSPS) is 13.0. The van der Waals surface area contributed by atoms with Crippen LogP contribution in [0.25, 0.3) is 53.9 Å². The predicted octanol–water partition coefficient (Wildman–Crippen LogP) is 6.87. The maximum Gasteiger partial charge on any atom is 0.0817 e. The minimum atomic E-state index is -0.673. The van der Waals surface area contributed by atoms with Gasteiger partial charge >= 0.3 is 0 Å². The van der Waals surface area contributed by atoms with Crippen molar-refractivity contribution in [3.63, 3.8) is 0 Å². The van der Waals surface area contributed by atoms with E-state index in [-0.39, 0.29) is 6.61 Å². The zero-order valence-corrected chi connectivity index (χ0v) is 17.0. The van der Waals surface area contributed by atoms with Crippen molar-refractivity contribution in [1.82, 2.24) is 0 Å². The molecule has 0 saturated heterocycles. The highest BCUT2D eigenvalue weighted by atomic mass is 16.3. The molecular formula is C29H22O2. The molecule has 2 nitrogen and oxygen atoms in total. The Kier molecular flexibility index (Phi) is 4.17. The Morgan fingerprint density at radius 2 is 1.06 bits per heavy atom. The van der Waals surface area contributed by atoms with E-state index >= 15 is 0 Å². The molecule has 1 atom stereocenters. The third kappa shape index (κ3) is 2.96. The first-order chi connectivity index (χ1) is 15.2. The van der Waals surface area contributed by atoms with E-state index in [2.05, 4.69) is 78.9 Å². The van der Waals surface area contributed by atoms with Gasteiger partial charge in [0.1, 0.15) is 0 Å². The van der Waals surface area contributed by atoms with Crippen molar-refractivity contribution in [2.45, 2.75) is 12.5 Å². The van der Waals surface area contributed by atoms with Gasteiger partial charge in [-0.25, -0.2) is 0 Å². The molecule has 0 radical (unpaired) electrons. The van der Waals surface area contributed by atoms with Crippen molar-refractivity contribution in [2.24, 2.45) is 0 Å². The third-order valence-corrected chi connectivity index (χ3v) is 6.45. The molecule has 0 aliphatic carbocycles. The molecule has 0 fully saturated rings. The van der Waals surface area contributed by atoms with Gasteiger partial charge in [-0.2, -0.15) is 0 Å². The predicted molar refractivity (Wildman–Crippen MR) is 131 cm³/mol. The molecule has 0 aromatic heterocycles. The van der Waals surface area contributed by atoms with Crippen molar-refractivity contribution in [3.8, 4) is 0 Å². The van der Waals surface area contributed by atoms with Gasteiger partial charge in [0, 0.05) is 13.0 Å². The topological polar surface area (TPSA) is 40.5 Å². The minimum Gasteiger partial charge on any atom is -0.396 e. The second-order valence-electron chi connectivity index (χ2n) is 8.36. The Morgan fingerprint density at radius 1 is 0.516 bits per heavy atom. The van der Waals surface area contributed by atoms with Gasteiger partial charge in [0.25, 0.3) is 0 Å². The first-order valence-corrected chi connectivity index (χ1v) is 10.7. The van der Waals surface area contributed by atoms with Crippen molar-refractivity contribution < 1.29 is 10.2 Å². The standard InChI is InChI=1S/C29H22O2/c30-11-10-29(31)25-7-3-6-20-14-21-8-9-22-15-23-12-18-4-1-2-5-19(18)13-24(23)16-26(22)28(21)17-27(20)25/h1-9,12-17,29-31H,10-11H2. The Hall–Kier alpha value is -3.46. The van der Waals surface area contributed by atoms with E-state index in [9.17, 15) is 10.2 Å². The average Bonchev–Trinajstić information content (AvgIpc) is 2.80. The van der Waals surface area contributed by atoms with Crippen LogP contribution in [0.3, 0.4) is 0 Å². The number of aliphatic hydroxyl groups is 2. The van der Waals surface area contributed by atoms with Gasteiger partial charge in [-0.3, -0.25) is 0 Å². The molecule has 2 N–H and O–H groups in total. The summed E-state index contributed by atoms with van der Waals surface area (Å²) in [5.74, 6) is 0. The van der Waals surface area contributed by atoms with E-state index in [1.807, 2.05) is 12.1 Å². The number of rotatable bonds is 3. The molecule has 0 saturated carbocycles. The van der Waals surface area contributed by atoms with Crippen molar-refractivity contribution >= 4 is 53.9 Å². The van der Waals surface area contributed by atoms with Crippen LogP contribution in [-0.4, -0.2) is 16.8 Å². The molecule has 1 unspecified atom stereocenters. The summed E-state index contributed by atoms with van der Waals surface area (Å²) in [4.78, 5) is 0. The first-order valence-electron chi connectivity index (χ1n) is 10.7. The number of benzene rings is 6. The van der Waals surface area contributed by atoms with Crippen LogP contribution in [0, 0.1) is 0 Å². The molecule has 31 heavy (non-hydrogen) atoms. The smallest absolute Gasteiger partial charge is 0.0817 e. The van der Waals surface area contributed by atoms with Crippen molar-refractivity contribution in [2.75, 3.05) is 6.61 Å². The summed E-state index contributed by atoms with van der Waals surface area (Å²) in [6.07, 6.45) is -0.335. The fourth-order valence-corrected chi connectivity index (χ4v) is 4.87. The molecule has 0 amide bonds. The lowest BCUT2D eigenvalue weighted by molar-refractivity contribution is 0.135. The molecule has 0 aliphatic rings. The van der Waals surface area contributed by atoms with Crippen LogP contribution in [0.4, 0.5) is 0 Å². The first kappa shape index (κ1) is 18.3. The fraction of sp³-hybridized carbons (Fsp3) is 0.103. The van der Waals surface area contributed by atoms with Gasteiger partial charge in [-0.05, 0) is 95.8 Å². The SMILES string of the molecule is OCCC(O)c1cccc2cc3ccc4cc5cc6ccccc6cc5cc4c3cc12. The molecule has 0 bridgehead atoms. The monoisotopic (exact) mass is 402 g/mol. The molecule has 2 heteroatoms. The molecule has 150 valence electrons. The van der Waals surface area contributed by atoms with E-state index < -0.39 is 6.10 Å². The average molecular weight is 402 g/mol. The Balaban J connectivity index is 1.68. The largest absolute Gasteiger partial charge is 0.396 e. The summed E-state index contributed by atoms with van der Waals surface area (Å²) in [5, 5.41) is 31.8. The summed E-state index contributed by atoms with van der Waals surface area (Å²) in [5.41, 5.74) is 0.872. The van der Waals surface area contributed by atoms with Gasteiger partial charge in [0.15, 0.2) is 0 Å². The Labute approximate surface area is 180 Å². The van der Waals surface area contributed by atoms with Gasteiger partial charge in [0.05, 0.1) is 6.10 Å². The van der Waals surface area contributed by atoms with Crippen LogP contribution in [0.2, 0.25) is 0 Å². The second-order valence-corrected chi connectivity index (χ2v) is 8.36. The lowest BCUT2D eigenvalue weighted by Crippen LogP contribution is -2.01. The van der Waals surface area contributed by atoms with Crippen LogP contribution >= 0.6 is 0 Å². The Morgan fingerprint density at radius 3 is 1.77 bits per heavy atom. The van der Waals surface area contributed by atoms with Crippen LogP contribution in [0.15, 0.2) is 91.0 Å². The van der Waals surface area contributed by atoms with Gasteiger partial charge in [-0.15, -0.1) is 0 Å². The lowest BCUT2D eigenvalue weighted by Gasteiger charge is -2.14. The molecule has 6 aromatic rings. The molecule has 0 spiro atoms. The maximum absolute atomic E-state index is 10.6. The number of aliphatic hydroxyl groups excluding tert-OH is 2. The summed E-state index contributed by atoms with van der Waals surface area (Å²) < 4.78 is 0. The highest BCUT2D eigenvalue weighted by Gasteiger charge is 2.13. The van der Waals surface area contributed by atoms with Crippen molar-refractivity contribution in [3.05, 3.63) is 96.6 Å². The Bertz CT molecular complexity index is 1610. The van der Waals surface area contributed by atoms with Crippen LogP contribution in [0.5, 0.6) is 0 Å². The number of hydrogen-bond acceptors (Lipinski definition) is 2. The van der Waals surface area contributed by atoms with Gasteiger partial charge < -0.3 is 10.2 Å². The quantitative estimate of drug-likeness (QED) is 0.250. The highest BCUT2D eigenvalue weighted by molar-refractivity contribution is 6.16. The van der Waals surface area contributed by atoms with E-state index in [0.29, 0.717) is 6.42 Å². The zero-order chi connectivity index (χ0) is 20.9. The molecule has 0 heterocycles. The van der Waals surface area contributed by atoms with E-state index in [4.69, 9.17) is 0 Å². The van der Waals surface area contributed by atoms with Crippen molar-refractivity contribution in [1.29, 1.82) is 0 Å². The number of fused-ring (bicyclic) bond motifs is 6. The zero-order valence-electron chi connectivity index (χ0n) is 17.0. The van der Waals surface area contributed by atoms with E-state index in [1.54, 1.807) is 0 Å². The summed E-state index contributed by atoms with van der Waals surface area (Å²) in [6, 6.07) is 32.4.